The zero-order valence-corrected chi connectivity index (χ0v) is 6.40. The van der Waals surface area contributed by atoms with E-state index >= 15 is 0 Å². The molecule has 64 valence electrons. The van der Waals surface area contributed by atoms with Gasteiger partial charge in [0.1, 0.15) is 0 Å². The lowest BCUT2D eigenvalue weighted by atomic mass is 10.2. The standard InChI is InChI=1S/C8H9NO3/c10-4-3-7-2-1-6(5-9-7)8(11)12/h1-2,5,10H,3-4H2,(H,11,12). The number of carboxylic acids is 1. The second kappa shape index (κ2) is 3.82. The normalized spacial score (nSPS) is 9.75. The van der Waals surface area contributed by atoms with E-state index in [4.69, 9.17) is 10.2 Å². The van der Waals surface area contributed by atoms with E-state index in [1.165, 1.54) is 12.3 Å². The van der Waals surface area contributed by atoms with Crippen LogP contribution in [0.5, 0.6) is 0 Å². The van der Waals surface area contributed by atoms with Crippen LogP contribution in [0.1, 0.15) is 16.1 Å². The van der Waals surface area contributed by atoms with E-state index in [0.29, 0.717) is 12.1 Å². The molecule has 0 aliphatic heterocycles. The van der Waals surface area contributed by atoms with Gasteiger partial charge in [0.15, 0.2) is 0 Å². The predicted octanol–water partition coefficient (Wildman–Crippen LogP) is 0.315. The maximum atomic E-state index is 10.4. The monoisotopic (exact) mass is 167 g/mol. The Balaban J connectivity index is 2.78. The fourth-order valence-electron chi connectivity index (χ4n) is 0.813. The lowest BCUT2D eigenvalue weighted by molar-refractivity contribution is 0.0696. The first-order valence-electron chi connectivity index (χ1n) is 3.53. The maximum Gasteiger partial charge on any atom is 0.337 e. The van der Waals surface area contributed by atoms with Crippen LogP contribution >= 0.6 is 0 Å². The minimum atomic E-state index is -0.988. The molecule has 4 heteroatoms. The highest BCUT2D eigenvalue weighted by Gasteiger charge is 2.01. The molecule has 0 radical (unpaired) electrons. The highest BCUT2D eigenvalue weighted by atomic mass is 16.4. The number of pyridine rings is 1. The first-order chi connectivity index (χ1) is 5.74. The van der Waals surface area contributed by atoms with Crippen molar-refractivity contribution in [2.75, 3.05) is 6.61 Å². The van der Waals surface area contributed by atoms with Gasteiger partial charge in [-0.1, -0.05) is 0 Å². The number of aromatic nitrogens is 1. The Labute approximate surface area is 69.5 Å². The molecule has 0 atom stereocenters. The van der Waals surface area contributed by atoms with Gasteiger partial charge in [-0.15, -0.1) is 0 Å². The van der Waals surface area contributed by atoms with Crippen LogP contribution in [0.3, 0.4) is 0 Å². The van der Waals surface area contributed by atoms with Crippen molar-refractivity contribution in [2.24, 2.45) is 0 Å². The molecule has 4 nitrogen and oxygen atoms in total. The number of aliphatic hydroxyl groups excluding tert-OH is 1. The first-order valence-corrected chi connectivity index (χ1v) is 3.53. The minimum Gasteiger partial charge on any atom is -0.478 e. The summed E-state index contributed by atoms with van der Waals surface area (Å²) in [6.07, 6.45) is 1.74. The number of carbonyl (C=O) groups is 1. The number of aliphatic hydroxyl groups is 1. The molecule has 0 fully saturated rings. The zero-order valence-electron chi connectivity index (χ0n) is 6.40. The van der Waals surface area contributed by atoms with Crippen molar-refractivity contribution in [1.82, 2.24) is 4.98 Å². The molecule has 1 rings (SSSR count). The molecule has 1 aromatic rings. The molecule has 0 unspecified atom stereocenters. The topological polar surface area (TPSA) is 70.4 Å². The van der Waals surface area contributed by atoms with Crippen LogP contribution in [-0.2, 0) is 6.42 Å². The van der Waals surface area contributed by atoms with Crippen LogP contribution < -0.4 is 0 Å². The largest absolute Gasteiger partial charge is 0.478 e. The molecule has 1 heterocycles. The lowest BCUT2D eigenvalue weighted by Gasteiger charge is -1.97. The van der Waals surface area contributed by atoms with Crippen molar-refractivity contribution in [1.29, 1.82) is 0 Å². The van der Waals surface area contributed by atoms with Crippen LogP contribution in [0.25, 0.3) is 0 Å². The summed E-state index contributed by atoms with van der Waals surface area (Å²) in [5.74, 6) is -0.988. The molecule has 2 N–H and O–H groups in total. The van der Waals surface area contributed by atoms with Gasteiger partial charge < -0.3 is 10.2 Å². The Hall–Kier alpha value is -1.42. The third kappa shape index (κ3) is 2.03. The third-order valence-electron chi connectivity index (χ3n) is 1.44. The Morgan fingerprint density at radius 2 is 2.25 bits per heavy atom. The highest BCUT2D eigenvalue weighted by molar-refractivity contribution is 5.87. The second-order valence-corrected chi connectivity index (χ2v) is 2.32. The van der Waals surface area contributed by atoms with Gasteiger partial charge in [0, 0.05) is 24.9 Å². The average molecular weight is 167 g/mol. The SMILES string of the molecule is O=C(O)c1ccc(CCO)nc1. The van der Waals surface area contributed by atoms with E-state index in [1.807, 2.05) is 0 Å². The summed E-state index contributed by atoms with van der Waals surface area (Å²) in [7, 11) is 0. The van der Waals surface area contributed by atoms with Crippen molar-refractivity contribution >= 4 is 5.97 Å². The average Bonchev–Trinajstić information content (AvgIpc) is 2.06. The summed E-state index contributed by atoms with van der Waals surface area (Å²) in [6, 6.07) is 3.07. The van der Waals surface area contributed by atoms with Crippen LogP contribution in [0.15, 0.2) is 18.3 Å². The number of hydrogen-bond acceptors (Lipinski definition) is 3. The minimum absolute atomic E-state index is 0.0272. The quantitative estimate of drug-likeness (QED) is 0.679. The number of nitrogens with zero attached hydrogens (tertiary/aromatic N) is 1. The van der Waals surface area contributed by atoms with Crippen molar-refractivity contribution in [3.8, 4) is 0 Å². The van der Waals surface area contributed by atoms with Crippen molar-refractivity contribution in [2.45, 2.75) is 6.42 Å². The molecule has 0 amide bonds. The zero-order chi connectivity index (χ0) is 8.97. The van der Waals surface area contributed by atoms with E-state index in [-0.39, 0.29) is 12.2 Å². The smallest absolute Gasteiger partial charge is 0.337 e. The summed E-state index contributed by atoms with van der Waals surface area (Å²) < 4.78 is 0. The van der Waals surface area contributed by atoms with Gasteiger partial charge in [0.25, 0.3) is 0 Å². The maximum absolute atomic E-state index is 10.4. The fraction of sp³-hybridized carbons (Fsp3) is 0.250. The fourth-order valence-corrected chi connectivity index (χ4v) is 0.813. The molecular weight excluding hydrogens is 158 g/mol. The van der Waals surface area contributed by atoms with Gasteiger partial charge >= 0.3 is 5.97 Å². The molecule has 0 saturated carbocycles. The van der Waals surface area contributed by atoms with E-state index in [1.54, 1.807) is 6.07 Å². The van der Waals surface area contributed by atoms with Crippen molar-refractivity contribution < 1.29 is 15.0 Å². The Morgan fingerprint density at radius 3 is 2.67 bits per heavy atom. The molecular formula is C8H9NO3. The van der Waals surface area contributed by atoms with Gasteiger partial charge in [-0.3, -0.25) is 4.98 Å². The third-order valence-corrected chi connectivity index (χ3v) is 1.44. The van der Waals surface area contributed by atoms with Gasteiger partial charge in [-0.05, 0) is 12.1 Å². The second-order valence-electron chi connectivity index (χ2n) is 2.32. The molecule has 0 aromatic carbocycles. The van der Waals surface area contributed by atoms with E-state index in [9.17, 15) is 4.79 Å². The molecule has 0 aliphatic rings. The molecule has 1 aromatic heterocycles. The summed E-state index contributed by atoms with van der Waals surface area (Å²) in [5.41, 5.74) is 0.860. The first kappa shape index (κ1) is 8.67. The van der Waals surface area contributed by atoms with Gasteiger partial charge in [0.05, 0.1) is 5.56 Å². The number of rotatable bonds is 3. The van der Waals surface area contributed by atoms with Crippen LogP contribution in [0.4, 0.5) is 0 Å². The van der Waals surface area contributed by atoms with Crippen molar-refractivity contribution in [3.05, 3.63) is 29.6 Å². The lowest BCUT2D eigenvalue weighted by Crippen LogP contribution is -1.99. The van der Waals surface area contributed by atoms with E-state index in [2.05, 4.69) is 4.98 Å². The molecule has 0 saturated heterocycles. The van der Waals surface area contributed by atoms with Crippen LogP contribution in [0.2, 0.25) is 0 Å². The summed E-state index contributed by atoms with van der Waals surface area (Å²) >= 11 is 0. The number of aromatic carboxylic acids is 1. The molecule has 0 bridgehead atoms. The summed E-state index contributed by atoms with van der Waals surface area (Å²) in [4.78, 5) is 14.2. The predicted molar refractivity (Wildman–Crippen MR) is 42.0 cm³/mol. The Kier molecular flexibility index (Phi) is 2.76. The van der Waals surface area contributed by atoms with Crippen molar-refractivity contribution in [3.63, 3.8) is 0 Å². The van der Waals surface area contributed by atoms with Crippen LogP contribution in [0, 0.1) is 0 Å². The summed E-state index contributed by atoms with van der Waals surface area (Å²) in [5, 5.41) is 17.1. The Morgan fingerprint density at radius 1 is 1.50 bits per heavy atom. The highest BCUT2D eigenvalue weighted by Crippen LogP contribution is 2.00. The van der Waals surface area contributed by atoms with Gasteiger partial charge in [0.2, 0.25) is 0 Å². The Bertz CT molecular complexity index is 268. The summed E-state index contributed by atoms with van der Waals surface area (Å²) in [6.45, 7) is 0.0272. The van der Waals surface area contributed by atoms with Crippen LogP contribution in [-0.4, -0.2) is 27.8 Å². The van der Waals surface area contributed by atoms with Gasteiger partial charge in [-0.2, -0.15) is 0 Å². The van der Waals surface area contributed by atoms with E-state index < -0.39 is 5.97 Å². The number of carboxylic acid groups (broad SMARTS) is 1. The van der Waals surface area contributed by atoms with E-state index in [0.717, 1.165) is 0 Å². The molecule has 0 spiro atoms. The number of hydrogen-bond donors (Lipinski definition) is 2. The van der Waals surface area contributed by atoms with Gasteiger partial charge in [-0.25, -0.2) is 4.79 Å². The molecule has 12 heavy (non-hydrogen) atoms. The molecule has 0 aliphatic carbocycles.